The molecule has 1 saturated heterocycles. The molecule has 2 atom stereocenters. The average Bonchev–Trinajstić information content (AvgIpc) is 2.83. The summed E-state index contributed by atoms with van der Waals surface area (Å²) in [5.74, 6) is -0.214. The van der Waals surface area contributed by atoms with Crippen LogP contribution in [0.1, 0.15) is 0 Å². The Morgan fingerprint density at radius 3 is 2.42 bits per heavy atom. The van der Waals surface area contributed by atoms with Gasteiger partial charge >= 0.3 is 0 Å². The number of para-hydroxylation sites is 1. The molecular weight excluding hydrogens is 247 g/mol. The molecule has 1 aromatic rings. The van der Waals surface area contributed by atoms with Gasteiger partial charge in [-0.05, 0) is 12.1 Å². The van der Waals surface area contributed by atoms with E-state index in [1.165, 1.54) is 6.07 Å². The third kappa shape index (κ3) is 3.65. The number of rotatable bonds is 6. The highest BCUT2D eigenvalue weighted by atomic mass is 19.1. The van der Waals surface area contributed by atoms with E-state index in [0.717, 1.165) is 19.6 Å². The Labute approximate surface area is 113 Å². The Bertz CT molecular complexity index is 391. The van der Waals surface area contributed by atoms with Gasteiger partial charge < -0.3 is 14.8 Å². The van der Waals surface area contributed by atoms with Crippen LogP contribution in [0.5, 0.6) is 0 Å². The number of methoxy groups -OCH3 is 2. The summed E-state index contributed by atoms with van der Waals surface area (Å²) < 4.78 is 24.2. The third-order valence-electron chi connectivity index (χ3n) is 3.51. The van der Waals surface area contributed by atoms with Crippen molar-refractivity contribution in [3.63, 3.8) is 0 Å². The maximum atomic E-state index is 13.4. The van der Waals surface area contributed by atoms with Gasteiger partial charge in [0, 0.05) is 40.4 Å². The molecule has 0 aromatic heterocycles. The van der Waals surface area contributed by atoms with Crippen molar-refractivity contribution in [1.82, 2.24) is 4.90 Å². The SMILES string of the molecule is COC1CN(CCNc2ccccc2F)CC1OC. The van der Waals surface area contributed by atoms with Gasteiger partial charge in [0.2, 0.25) is 0 Å². The van der Waals surface area contributed by atoms with E-state index in [1.54, 1.807) is 26.4 Å². The number of halogens is 1. The monoisotopic (exact) mass is 268 g/mol. The van der Waals surface area contributed by atoms with Gasteiger partial charge in [-0.2, -0.15) is 0 Å². The molecule has 4 nitrogen and oxygen atoms in total. The smallest absolute Gasteiger partial charge is 0.146 e. The zero-order valence-corrected chi connectivity index (χ0v) is 11.4. The van der Waals surface area contributed by atoms with Crippen molar-refractivity contribution in [2.75, 3.05) is 45.7 Å². The molecule has 0 amide bonds. The van der Waals surface area contributed by atoms with Crippen molar-refractivity contribution >= 4 is 5.69 Å². The fraction of sp³-hybridized carbons (Fsp3) is 0.571. The molecule has 0 spiro atoms. The van der Waals surface area contributed by atoms with E-state index in [9.17, 15) is 4.39 Å². The quantitative estimate of drug-likeness (QED) is 0.849. The first-order valence-corrected chi connectivity index (χ1v) is 6.51. The van der Waals surface area contributed by atoms with Gasteiger partial charge in [-0.25, -0.2) is 4.39 Å². The van der Waals surface area contributed by atoms with Crippen LogP contribution in [-0.2, 0) is 9.47 Å². The van der Waals surface area contributed by atoms with Gasteiger partial charge in [0.1, 0.15) is 5.82 Å². The van der Waals surface area contributed by atoms with Crippen LogP contribution < -0.4 is 5.32 Å². The summed E-state index contributed by atoms with van der Waals surface area (Å²) in [6.07, 6.45) is 0.247. The number of nitrogens with zero attached hydrogens (tertiary/aromatic N) is 1. The van der Waals surface area contributed by atoms with Crippen LogP contribution in [0.3, 0.4) is 0 Å². The van der Waals surface area contributed by atoms with Crippen molar-refractivity contribution in [2.45, 2.75) is 12.2 Å². The van der Waals surface area contributed by atoms with Crippen LogP contribution in [0.25, 0.3) is 0 Å². The molecule has 1 aliphatic heterocycles. The standard InChI is InChI=1S/C14H21FN2O2/c1-18-13-9-17(10-14(13)19-2)8-7-16-12-6-4-3-5-11(12)15/h3-6,13-14,16H,7-10H2,1-2H3. The molecule has 0 saturated carbocycles. The normalized spacial score (nSPS) is 23.7. The molecule has 0 bridgehead atoms. The Morgan fingerprint density at radius 2 is 1.84 bits per heavy atom. The molecule has 2 unspecified atom stereocenters. The Morgan fingerprint density at radius 1 is 1.21 bits per heavy atom. The first-order chi connectivity index (χ1) is 9.24. The molecule has 106 valence electrons. The van der Waals surface area contributed by atoms with Crippen LogP contribution in [0.15, 0.2) is 24.3 Å². The average molecular weight is 268 g/mol. The van der Waals surface area contributed by atoms with E-state index in [2.05, 4.69) is 10.2 Å². The minimum Gasteiger partial charge on any atom is -0.381 e. The first kappa shape index (κ1) is 14.2. The van der Waals surface area contributed by atoms with Crippen LogP contribution in [0, 0.1) is 5.82 Å². The highest BCUT2D eigenvalue weighted by molar-refractivity contribution is 5.44. The minimum atomic E-state index is -0.214. The number of likely N-dealkylation sites (tertiary alicyclic amines) is 1. The van der Waals surface area contributed by atoms with E-state index in [4.69, 9.17) is 9.47 Å². The van der Waals surface area contributed by atoms with E-state index in [0.29, 0.717) is 12.2 Å². The van der Waals surface area contributed by atoms with E-state index < -0.39 is 0 Å². The number of hydrogen-bond acceptors (Lipinski definition) is 4. The zero-order valence-electron chi connectivity index (χ0n) is 11.4. The summed E-state index contributed by atoms with van der Waals surface area (Å²) in [4.78, 5) is 2.26. The fourth-order valence-electron chi connectivity index (χ4n) is 2.41. The number of anilines is 1. The van der Waals surface area contributed by atoms with Crippen LogP contribution in [-0.4, -0.2) is 57.5 Å². The van der Waals surface area contributed by atoms with Gasteiger partial charge in [0.05, 0.1) is 17.9 Å². The van der Waals surface area contributed by atoms with E-state index in [1.807, 2.05) is 6.07 Å². The summed E-state index contributed by atoms with van der Waals surface area (Å²) in [7, 11) is 3.41. The molecule has 1 aliphatic rings. The van der Waals surface area contributed by atoms with E-state index in [-0.39, 0.29) is 18.0 Å². The maximum absolute atomic E-state index is 13.4. The first-order valence-electron chi connectivity index (χ1n) is 6.51. The highest BCUT2D eigenvalue weighted by Crippen LogP contribution is 2.16. The molecule has 5 heteroatoms. The van der Waals surface area contributed by atoms with Crippen molar-refractivity contribution < 1.29 is 13.9 Å². The Kier molecular flexibility index (Phi) is 5.13. The van der Waals surface area contributed by atoms with Crippen molar-refractivity contribution in [1.29, 1.82) is 0 Å². The van der Waals surface area contributed by atoms with Crippen LogP contribution >= 0.6 is 0 Å². The Hall–Kier alpha value is -1.17. The third-order valence-corrected chi connectivity index (χ3v) is 3.51. The topological polar surface area (TPSA) is 33.7 Å². The van der Waals surface area contributed by atoms with Gasteiger partial charge in [0.15, 0.2) is 0 Å². The molecule has 1 aromatic carbocycles. The van der Waals surface area contributed by atoms with Crippen LogP contribution in [0.2, 0.25) is 0 Å². The van der Waals surface area contributed by atoms with Crippen molar-refractivity contribution in [3.8, 4) is 0 Å². The number of nitrogens with one attached hydrogen (secondary N) is 1. The molecule has 19 heavy (non-hydrogen) atoms. The lowest BCUT2D eigenvalue weighted by Crippen LogP contribution is -2.28. The fourth-order valence-corrected chi connectivity index (χ4v) is 2.41. The summed E-state index contributed by atoms with van der Waals surface area (Å²) in [5.41, 5.74) is 0.549. The van der Waals surface area contributed by atoms with Gasteiger partial charge in [-0.15, -0.1) is 0 Å². The predicted molar refractivity (Wildman–Crippen MR) is 72.9 cm³/mol. The molecule has 1 heterocycles. The van der Waals surface area contributed by atoms with Crippen molar-refractivity contribution in [2.24, 2.45) is 0 Å². The zero-order chi connectivity index (χ0) is 13.7. The van der Waals surface area contributed by atoms with Crippen LogP contribution in [0.4, 0.5) is 10.1 Å². The molecule has 1 fully saturated rings. The summed E-state index contributed by atoms with van der Waals surface area (Å²) >= 11 is 0. The summed E-state index contributed by atoms with van der Waals surface area (Å²) in [6, 6.07) is 6.71. The second kappa shape index (κ2) is 6.84. The number of hydrogen-bond donors (Lipinski definition) is 1. The largest absolute Gasteiger partial charge is 0.381 e. The second-order valence-corrected chi connectivity index (χ2v) is 4.71. The lowest BCUT2D eigenvalue weighted by Gasteiger charge is -2.16. The van der Waals surface area contributed by atoms with Gasteiger partial charge in [0.25, 0.3) is 0 Å². The molecule has 1 N–H and O–H groups in total. The van der Waals surface area contributed by atoms with Gasteiger partial charge in [-0.3, -0.25) is 4.90 Å². The Balaban J connectivity index is 1.76. The minimum absolute atomic E-state index is 0.124. The molecule has 0 radical (unpaired) electrons. The molecule has 0 aliphatic carbocycles. The predicted octanol–water partition coefficient (Wildman–Crippen LogP) is 1.58. The van der Waals surface area contributed by atoms with Crippen molar-refractivity contribution in [3.05, 3.63) is 30.1 Å². The highest BCUT2D eigenvalue weighted by Gasteiger charge is 2.32. The maximum Gasteiger partial charge on any atom is 0.146 e. The second-order valence-electron chi connectivity index (χ2n) is 4.71. The number of benzene rings is 1. The molecule has 2 rings (SSSR count). The van der Waals surface area contributed by atoms with Gasteiger partial charge in [-0.1, -0.05) is 12.1 Å². The lowest BCUT2D eigenvalue weighted by molar-refractivity contribution is -0.00461. The summed E-state index contributed by atoms with van der Waals surface area (Å²) in [6.45, 7) is 3.25. The molecular formula is C14H21FN2O2. The van der Waals surface area contributed by atoms with E-state index >= 15 is 0 Å². The number of ether oxygens (including phenoxy) is 2. The summed E-state index contributed by atoms with van der Waals surface area (Å²) in [5, 5.41) is 3.11. The lowest BCUT2D eigenvalue weighted by atomic mass is 10.3.